The van der Waals surface area contributed by atoms with Gasteiger partial charge in [0.2, 0.25) is 0 Å². The number of morpholine rings is 1. The van der Waals surface area contributed by atoms with Crippen LogP contribution in [0.1, 0.15) is 6.92 Å². The number of nitrogens with zero attached hydrogens (tertiary/aromatic N) is 1. The molecule has 1 atom stereocenters. The molecule has 0 aliphatic carbocycles. The van der Waals surface area contributed by atoms with E-state index < -0.39 is 0 Å². The number of hydrogen-bond donors (Lipinski definition) is 0. The minimum absolute atomic E-state index is 0.0285. The highest BCUT2D eigenvalue weighted by molar-refractivity contribution is 9.09. The number of ether oxygens (including phenoxy) is 1. The highest BCUT2D eigenvalue weighted by Crippen LogP contribution is 2.07. The van der Waals surface area contributed by atoms with Crippen LogP contribution >= 0.6 is 15.9 Å². The molecular weight excluding hydrogens is 238 g/mol. The van der Waals surface area contributed by atoms with Crippen molar-refractivity contribution in [2.75, 3.05) is 25.1 Å². The molecule has 13 heavy (non-hydrogen) atoms. The topological polar surface area (TPSA) is 46.6 Å². The van der Waals surface area contributed by atoms with Crippen molar-refractivity contribution >= 4 is 27.7 Å². The summed E-state index contributed by atoms with van der Waals surface area (Å²) in [6.07, 6.45) is 0. The summed E-state index contributed by atoms with van der Waals surface area (Å²) >= 11 is 3.30. The van der Waals surface area contributed by atoms with Gasteiger partial charge in [0.15, 0.2) is 0 Å². The van der Waals surface area contributed by atoms with Crippen molar-refractivity contribution < 1.29 is 14.3 Å². The molecule has 1 rings (SSSR count). The fourth-order valence-corrected chi connectivity index (χ4v) is 1.29. The molecule has 4 nitrogen and oxygen atoms in total. The lowest BCUT2D eigenvalue weighted by molar-refractivity contribution is -0.159. The van der Waals surface area contributed by atoms with E-state index in [1.165, 1.54) is 4.90 Å². The average Bonchev–Trinajstić information content (AvgIpc) is 2.11. The summed E-state index contributed by atoms with van der Waals surface area (Å²) in [5, 5.41) is 0.783. The van der Waals surface area contributed by atoms with Crippen LogP contribution in [0.2, 0.25) is 0 Å². The van der Waals surface area contributed by atoms with Gasteiger partial charge in [0.05, 0.1) is 0 Å². The lowest BCUT2D eigenvalue weighted by atomic mass is 10.2. The molecule has 0 radical (unpaired) electrons. The lowest BCUT2D eigenvalue weighted by Gasteiger charge is -2.26. The molecule has 0 aromatic carbocycles. The fraction of sp³-hybridized carbons (Fsp3) is 0.750. The van der Waals surface area contributed by atoms with Gasteiger partial charge in [-0.25, -0.2) is 0 Å². The molecule has 1 saturated heterocycles. The van der Waals surface area contributed by atoms with Gasteiger partial charge in [0.1, 0.15) is 13.2 Å². The van der Waals surface area contributed by atoms with Gasteiger partial charge < -0.3 is 4.74 Å². The van der Waals surface area contributed by atoms with Crippen molar-refractivity contribution in [1.82, 2.24) is 4.90 Å². The Labute approximate surface area is 85.4 Å². The van der Waals surface area contributed by atoms with Gasteiger partial charge in [-0.3, -0.25) is 14.5 Å². The molecular formula is C8H12BrNO3. The maximum atomic E-state index is 11.2. The molecule has 0 spiro atoms. The van der Waals surface area contributed by atoms with Gasteiger partial charge in [0.25, 0.3) is 11.8 Å². The van der Waals surface area contributed by atoms with E-state index in [4.69, 9.17) is 4.74 Å². The maximum absolute atomic E-state index is 11.2. The second-order valence-electron chi connectivity index (χ2n) is 3.15. The van der Waals surface area contributed by atoms with Gasteiger partial charge in [0, 0.05) is 11.9 Å². The summed E-state index contributed by atoms with van der Waals surface area (Å²) in [6, 6.07) is 0. The first kappa shape index (κ1) is 10.7. The van der Waals surface area contributed by atoms with E-state index in [-0.39, 0.29) is 30.9 Å². The number of amides is 2. The third-order valence-corrected chi connectivity index (χ3v) is 2.92. The first-order valence-electron chi connectivity index (χ1n) is 4.12. The highest BCUT2D eigenvalue weighted by Gasteiger charge is 2.27. The number of halogens is 1. The summed E-state index contributed by atoms with van der Waals surface area (Å²) in [4.78, 5) is 23.7. The van der Waals surface area contributed by atoms with E-state index in [0.717, 1.165) is 5.33 Å². The van der Waals surface area contributed by atoms with Crippen molar-refractivity contribution in [3.05, 3.63) is 0 Å². The molecule has 1 unspecified atom stereocenters. The monoisotopic (exact) mass is 249 g/mol. The van der Waals surface area contributed by atoms with E-state index in [9.17, 15) is 9.59 Å². The Bertz CT molecular complexity index is 203. The molecule has 0 N–H and O–H groups in total. The number of carbonyl (C=O) groups is 2. The molecule has 0 bridgehead atoms. The zero-order valence-corrected chi connectivity index (χ0v) is 9.04. The normalized spacial score (nSPS) is 20.6. The van der Waals surface area contributed by atoms with Crippen LogP contribution in [0.15, 0.2) is 0 Å². The molecule has 0 saturated carbocycles. The molecule has 2 amide bonds. The predicted octanol–water partition coefficient (Wildman–Crippen LogP) is 0.403. The van der Waals surface area contributed by atoms with Crippen molar-refractivity contribution in [3.8, 4) is 0 Å². The minimum atomic E-state index is -0.232. The smallest absolute Gasteiger partial charge is 0.255 e. The van der Waals surface area contributed by atoms with Crippen molar-refractivity contribution in [3.63, 3.8) is 0 Å². The van der Waals surface area contributed by atoms with E-state index in [1.807, 2.05) is 6.92 Å². The van der Waals surface area contributed by atoms with Crippen LogP contribution in [0.4, 0.5) is 0 Å². The summed E-state index contributed by atoms with van der Waals surface area (Å²) in [7, 11) is 0. The SMILES string of the molecule is CC(CBr)CN1C(=O)COCC1=O. The Hall–Kier alpha value is -0.420. The summed E-state index contributed by atoms with van der Waals surface area (Å²) < 4.78 is 4.79. The maximum Gasteiger partial charge on any atom is 0.255 e. The van der Waals surface area contributed by atoms with Crippen LogP contribution in [-0.2, 0) is 14.3 Å². The number of carbonyl (C=O) groups excluding carboxylic acids is 2. The van der Waals surface area contributed by atoms with Crippen LogP contribution in [0.3, 0.4) is 0 Å². The van der Waals surface area contributed by atoms with Crippen LogP contribution in [-0.4, -0.2) is 41.8 Å². The van der Waals surface area contributed by atoms with E-state index in [0.29, 0.717) is 6.54 Å². The number of hydrogen-bond acceptors (Lipinski definition) is 3. The Morgan fingerprint density at radius 3 is 2.46 bits per heavy atom. The predicted molar refractivity (Wildman–Crippen MR) is 50.5 cm³/mol. The molecule has 1 fully saturated rings. The van der Waals surface area contributed by atoms with Crippen molar-refractivity contribution in [2.45, 2.75) is 6.92 Å². The molecule has 0 aromatic heterocycles. The van der Waals surface area contributed by atoms with Crippen molar-refractivity contribution in [2.24, 2.45) is 5.92 Å². The van der Waals surface area contributed by atoms with Gasteiger partial charge in [-0.15, -0.1) is 0 Å². The van der Waals surface area contributed by atoms with Crippen LogP contribution in [0.5, 0.6) is 0 Å². The number of alkyl halides is 1. The van der Waals surface area contributed by atoms with Crippen LogP contribution in [0, 0.1) is 5.92 Å². The minimum Gasteiger partial charge on any atom is -0.362 e. The Balaban J connectivity index is 2.54. The summed E-state index contributed by atoms with van der Waals surface area (Å²) in [5.41, 5.74) is 0. The van der Waals surface area contributed by atoms with Gasteiger partial charge in [-0.05, 0) is 5.92 Å². The highest BCUT2D eigenvalue weighted by atomic mass is 79.9. The molecule has 1 aliphatic rings. The molecule has 1 aliphatic heterocycles. The first-order valence-corrected chi connectivity index (χ1v) is 5.24. The van der Waals surface area contributed by atoms with Gasteiger partial charge in [-0.1, -0.05) is 22.9 Å². The number of rotatable bonds is 3. The third kappa shape index (κ3) is 2.77. The van der Waals surface area contributed by atoms with Gasteiger partial charge >= 0.3 is 0 Å². The van der Waals surface area contributed by atoms with E-state index in [2.05, 4.69) is 15.9 Å². The molecule has 74 valence electrons. The molecule has 0 aromatic rings. The molecule has 1 heterocycles. The van der Waals surface area contributed by atoms with Crippen molar-refractivity contribution in [1.29, 1.82) is 0 Å². The summed E-state index contributed by atoms with van der Waals surface area (Å²) in [6.45, 7) is 2.51. The average molecular weight is 250 g/mol. The second kappa shape index (κ2) is 4.72. The largest absolute Gasteiger partial charge is 0.362 e. The quantitative estimate of drug-likeness (QED) is 0.538. The molecule has 5 heteroatoms. The standard InChI is InChI=1S/C8H12BrNO3/c1-6(2-9)3-10-7(11)4-13-5-8(10)12/h6H,2-5H2,1H3. The van der Waals surface area contributed by atoms with Gasteiger partial charge in [-0.2, -0.15) is 0 Å². The lowest BCUT2D eigenvalue weighted by Crippen LogP contribution is -2.48. The van der Waals surface area contributed by atoms with Crippen LogP contribution < -0.4 is 0 Å². The second-order valence-corrected chi connectivity index (χ2v) is 3.80. The Kier molecular flexibility index (Phi) is 3.87. The first-order chi connectivity index (χ1) is 6.15. The zero-order chi connectivity index (χ0) is 9.84. The summed E-state index contributed by atoms with van der Waals surface area (Å²) in [5.74, 6) is -0.181. The fourth-order valence-electron chi connectivity index (χ4n) is 1.08. The van der Waals surface area contributed by atoms with Crippen LogP contribution in [0.25, 0.3) is 0 Å². The Morgan fingerprint density at radius 2 is 2.00 bits per heavy atom. The van der Waals surface area contributed by atoms with E-state index >= 15 is 0 Å². The number of imide groups is 1. The van der Waals surface area contributed by atoms with E-state index in [1.54, 1.807) is 0 Å². The third-order valence-electron chi connectivity index (χ3n) is 1.81. The zero-order valence-electron chi connectivity index (χ0n) is 7.46. The Morgan fingerprint density at radius 1 is 1.46 bits per heavy atom.